The zero-order chi connectivity index (χ0) is 15.2. The van der Waals surface area contributed by atoms with Crippen LogP contribution in [0, 0.1) is 0 Å². The van der Waals surface area contributed by atoms with Gasteiger partial charge in [-0.15, -0.1) is 0 Å². The Kier molecular flexibility index (Phi) is 5.44. The maximum Gasteiger partial charge on any atom is 0.315 e. The third-order valence-corrected chi connectivity index (χ3v) is 3.67. The molecule has 1 fully saturated rings. The lowest BCUT2D eigenvalue weighted by molar-refractivity contribution is -0.117. The molecule has 1 aromatic rings. The van der Waals surface area contributed by atoms with E-state index in [1.165, 1.54) is 0 Å². The Morgan fingerprint density at radius 2 is 2.10 bits per heavy atom. The number of hydrogen-bond acceptors (Lipinski definition) is 2. The number of benzene rings is 1. The summed E-state index contributed by atoms with van der Waals surface area (Å²) in [4.78, 5) is 25.4. The fourth-order valence-corrected chi connectivity index (χ4v) is 2.42. The van der Waals surface area contributed by atoms with Crippen molar-refractivity contribution in [3.63, 3.8) is 0 Å². The molecule has 2 rings (SSSR count). The molecule has 1 aliphatic heterocycles. The van der Waals surface area contributed by atoms with E-state index in [1.807, 2.05) is 12.1 Å². The van der Waals surface area contributed by atoms with Gasteiger partial charge in [0.1, 0.15) is 0 Å². The molecule has 0 unspecified atom stereocenters. The van der Waals surface area contributed by atoms with Gasteiger partial charge in [-0.05, 0) is 30.7 Å². The van der Waals surface area contributed by atoms with Crippen molar-refractivity contribution in [1.29, 1.82) is 0 Å². The SMILES string of the molecule is CCCCNC(=O)N[C@H]1CC(=O)N(c2ccc(Cl)cc2)C1. The van der Waals surface area contributed by atoms with Gasteiger partial charge in [0.25, 0.3) is 0 Å². The fraction of sp³-hybridized carbons (Fsp3) is 0.467. The monoisotopic (exact) mass is 309 g/mol. The second kappa shape index (κ2) is 7.31. The van der Waals surface area contributed by atoms with Gasteiger partial charge in [0.05, 0.1) is 6.04 Å². The topological polar surface area (TPSA) is 61.4 Å². The largest absolute Gasteiger partial charge is 0.338 e. The molecular weight excluding hydrogens is 290 g/mol. The molecular formula is C15H20ClN3O2. The van der Waals surface area contributed by atoms with Crippen LogP contribution in [0.15, 0.2) is 24.3 Å². The van der Waals surface area contributed by atoms with Crippen molar-refractivity contribution >= 4 is 29.2 Å². The van der Waals surface area contributed by atoms with E-state index < -0.39 is 0 Å². The van der Waals surface area contributed by atoms with Crippen molar-refractivity contribution in [3.8, 4) is 0 Å². The summed E-state index contributed by atoms with van der Waals surface area (Å²) >= 11 is 5.84. The van der Waals surface area contributed by atoms with Crippen LogP contribution in [-0.2, 0) is 4.79 Å². The third-order valence-electron chi connectivity index (χ3n) is 3.41. The first-order chi connectivity index (χ1) is 10.1. The minimum absolute atomic E-state index is 0.0104. The minimum Gasteiger partial charge on any atom is -0.338 e. The number of urea groups is 1. The molecule has 5 nitrogen and oxygen atoms in total. The minimum atomic E-state index is -0.209. The number of carbonyl (C=O) groups is 2. The molecule has 21 heavy (non-hydrogen) atoms. The number of halogens is 1. The quantitative estimate of drug-likeness (QED) is 0.821. The van der Waals surface area contributed by atoms with E-state index in [1.54, 1.807) is 17.0 Å². The highest BCUT2D eigenvalue weighted by Crippen LogP contribution is 2.23. The van der Waals surface area contributed by atoms with Crippen molar-refractivity contribution in [1.82, 2.24) is 10.6 Å². The molecule has 1 saturated heterocycles. The number of nitrogens with zero attached hydrogens (tertiary/aromatic N) is 1. The van der Waals surface area contributed by atoms with Gasteiger partial charge in [-0.3, -0.25) is 4.79 Å². The summed E-state index contributed by atoms with van der Waals surface area (Å²) in [5, 5.41) is 6.27. The van der Waals surface area contributed by atoms with Crippen molar-refractivity contribution in [2.24, 2.45) is 0 Å². The maximum atomic E-state index is 12.0. The molecule has 0 bridgehead atoms. The van der Waals surface area contributed by atoms with E-state index in [-0.39, 0.29) is 18.0 Å². The number of carbonyl (C=O) groups excluding carboxylic acids is 2. The lowest BCUT2D eigenvalue weighted by Gasteiger charge is -2.17. The Balaban J connectivity index is 1.87. The lowest BCUT2D eigenvalue weighted by atomic mass is 10.2. The molecule has 0 aromatic heterocycles. The summed E-state index contributed by atoms with van der Waals surface area (Å²) in [6, 6.07) is 6.76. The van der Waals surface area contributed by atoms with E-state index in [4.69, 9.17) is 11.6 Å². The molecule has 1 aliphatic rings. The van der Waals surface area contributed by atoms with Crippen LogP contribution >= 0.6 is 11.6 Å². The highest BCUT2D eigenvalue weighted by molar-refractivity contribution is 6.30. The summed E-state index contributed by atoms with van der Waals surface area (Å²) in [6.07, 6.45) is 2.31. The van der Waals surface area contributed by atoms with Crippen molar-refractivity contribution < 1.29 is 9.59 Å². The van der Waals surface area contributed by atoms with Gasteiger partial charge in [0.15, 0.2) is 0 Å². The van der Waals surface area contributed by atoms with Crippen molar-refractivity contribution in [3.05, 3.63) is 29.3 Å². The van der Waals surface area contributed by atoms with Crippen LogP contribution in [0.25, 0.3) is 0 Å². The zero-order valence-corrected chi connectivity index (χ0v) is 12.8. The average molecular weight is 310 g/mol. The van der Waals surface area contributed by atoms with E-state index in [0.29, 0.717) is 24.5 Å². The maximum absolute atomic E-state index is 12.0. The first kappa shape index (κ1) is 15.6. The Bertz CT molecular complexity index is 504. The number of nitrogens with one attached hydrogen (secondary N) is 2. The summed E-state index contributed by atoms with van der Waals surface area (Å²) in [5.41, 5.74) is 0.806. The van der Waals surface area contributed by atoms with Gasteiger partial charge in [0, 0.05) is 30.2 Å². The van der Waals surface area contributed by atoms with Crippen LogP contribution in [-0.4, -0.2) is 31.1 Å². The van der Waals surface area contributed by atoms with Crippen molar-refractivity contribution in [2.45, 2.75) is 32.2 Å². The molecule has 0 aliphatic carbocycles. The van der Waals surface area contributed by atoms with E-state index in [0.717, 1.165) is 18.5 Å². The summed E-state index contributed by atoms with van der Waals surface area (Å²) in [6.45, 7) is 3.21. The molecule has 0 spiro atoms. The molecule has 3 amide bonds. The second-order valence-corrected chi connectivity index (χ2v) is 5.57. The predicted octanol–water partition coefficient (Wildman–Crippen LogP) is 2.54. The fourth-order valence-electron chi connectivity index (χ4n) is 2.29. The molecule has 114 valence electrons. The van der Waals surface area contributed by atoms with Crippen LogP contribution in [0.4, 0.5) is 10.5 Å². The summed E-state index contributed by atoms with van der Waals surface area (Å²) in [5.74, 6) is 0.0104. The molecule has 1 atom stereocenters. The number of hydrogen-bond donors (Lipinski definition) is 2. The number of amides is 3. The van der Waals surface area contributed by atoms with E-state index in [2.05, 4.69) is 17.6 Å². The predicted molar refractivity (Wildman–Crippen MR) is 83.7 cm³/mol. The molecule has 1 heterocycles. The molecule has 6 heteroatoms. The first-order valence-corrected chi connectivity index (χ1v) is 7.58. The molecule has 1 aromatic carbocycles. The summed E-state index contributed by atoms with van der Waals surface area (Å²) in [7, 11) is 0. The zero-order valence-electron chi connectivity index (χ0n) is 12.1. The number of rotatable bonds is 5. The Morgan fingerprint density at radius 1 is 1.38 bits per heavy atom. The van der Waals surface area contributed by atoms with Crippen LogP contribution < -0.4 is 15.5 Å². The third kappa shape index (κ3) is 4.36. The smallest absolute Gasteiger partial charge is 0.315 e. The van der Waals surface area contributed by atoms with E-state index in [9.17, 15) is 9.59 Å². The van der Waals surface area contributed by atoms with Crippen LogP contribution in [0.2, 0.25) is 5.02 Å². The van der Waals surface area contributed by atoms with Gasteiger partial charge in [0.2, 0.25) is 5.91 Å². The lowest BCUT2D eigenvalue weighted by Crippen LogP contribution is -2.43. The Morgan fingerprint density at radius 3 is 2.76 bits per heavy atom. The Hall–Kier alpha value is -1.75. The average Bonchev–Trinajstić information content (AvgIpc) is 2.80. The van der Waals surface area contributed by atoms with Gasteiger partial charge in [-0.25, -0.2) is 4.79 Å². The van der Waals surface area contributed by atoms with Crippen LogP contribution in [0.1, 0.15) is 26.2 Å². The van der Waals surface area contributed by atoms with Gasteiger partial charge in [-0.2, -0.15) is 0 Å². The highest BCUT2D eigenvalue weighted by Gasteiger charge is 2.31. The van der Waals surface area contributed by atoms with Crippen LogP contribution in [0.5, 0.6) is 0 Å². The Labute approximate surface area is 129 Å². The number of unbranched alkanes of at least 4 members (excludes halogenated alkanes) is 1. The summed E-state index contributed by atoms with van der Waals surface area (Å²) < 4.78 is 0. The van der Waals surface area contributed by atoms with Gasteiger partial charge < -0.3 is 15.5 Å². The first-order valence-electron chi connectivity index (χ1n) is 7.20. The normalized spacial score (nSPS) is 17.9. The highest BCUT2D eigenvalue weighted by atomic mass is 35.5. The molecule has 2 N–H and O–H groups in total. The van der Waals surface area contributed by atoms with Gasteiger partial charge >= 0.3 is 6.03 Å². The van der Waals surface area contributed by atoms with Gasteiger partial charge in [-0.1, -0.05) is 24.9 Å². The number of anilines is 1. The van der Waals surface area contributed by atoms with Crippen molar-refractivity contribution in [2.75, 3.05) is 18.0 Å². The second-order valence-electron chi connectivity index (χ2n) is 5.14. The standard InChI is InChI=1S/C15H20ClN3O2/c1-2-3-8-17-15(21)18-12-9-14(20)19(10-12)13-6-4-11(16)5-7-13/h4-7,12H,2-3,8-10H2,1H3,(H2,17,18,21)/t12-/m0/s1. The molecule has 0 radical (unpaired) electrons. The molecule has 0 saturated carbocycles. The van der Waals surface area contributed by atoms with Crippen LogP contribution in [0.3, 0.4) is 0 Å². The van der Waals surface area contributed by atoms with E-state index >= 15 is 0 Å².